The van der Waals surface area contributed by atoms with Crippen molar-refractivity contribution in [1.29, 1.82) is 0 Å². The first-order valence-electron chi connectivity index (χ1n) is 6.15. The Morgan fingerprint density at radius 2 is 2.29 bits per heavy atom. The van der Waals surface area contributed by atoms with E-state index in [4.69, 9.17) is 5.11 Å². The van der Waals surface area contributed by atoms with E-state index >= 15 is 0 Å². The Morgan fingerprint density at radius 1 is 1.57 bits per heavy atom. The van der Waals surface area contributed by atoms with Crippen molar-refractivity contribution in [3.8, 4) is 0 Å². The minimum atomic E-state index is -3.22. The highest BCUT2D eigenvalue weighted by atomic mass is 32.2. The van der Waals surface area contributed by atoms with Crippen LogP contribution in [0.4, 0.5) is 5.00 Å². The fourth-order valence-corrected chi connectivity index (χ4v) is 4.61. The predicted octanol–water partition coefficient (Wildman–Crippen LogP) is 0.730. The highest BCUT2D eigenvalue weighted by Crippen LogP contribution is 2.25. The van der Waals surface area contributed by atoms with Crippen molar-refractivity contribution in [2.24, 2.45) is 0 Å². The third-order valence-corrected chi connectivity index (χ3v) is 5.89. The molecule has 116 valence electrons. The second kappa shape index (κ2) is 6.08. The van der Waals surface area contributed by atoms with Crippen molar-refractivity contribution >= 4 is 32.1 Å². The summed E-state index contributed by atoms with van der Waals surface area (Å²) in [4.78, 5) is 22.8. The fourth-order valence-electron chi connectivity index (χ4n) is 2.29. The number of hydrogen-bond acceptors (Lipinski definition) is 7. The van der Waals surface area contributed by atoms with Gasteiger partial charge >= 0.3 is 11.0 Å². The van der Waals surface area contributed by atoms with Crippen molar-refractivity contribution in [1.82, 2.24) is 4.90 Å². The molecular weight excluding hydrogens is 320 g/mol. The molecule has 1 saturated heterocycles. The van der Waals surface area contributed by atoms with Crippen LogP contribution in [0.2, 0.25) is 0 Å². The maximum Gasteiger partial charge on any atom is 0.324 e. The third-order valence-electron chi connectivity index (χ3n) is 3.27. The minimum absolute atomic E-state index is 0.0180. The summed E-state index contributed by atoms with van der Waals surface area (Å²) in [6, 6.07) is 0.839. The number of sulfone groups is 1. The van der Waals surface area contributed by atoms with Gasteiger partial charge in [-0.15, -0.1) is 0 Å². The molecule has 0 amide bonds. The van der Waals surface area contributed by atoms with Gasteiger partial charge in [0.25, 0.3) is 0 Å². The summed E-state index contributed by atoms with van der Waals surface area (Å²) < 4.78 is 23.3. The quantitative estimate of drug-likeness (QED) is 0.623. The molecule has 1 aromatic rings. The number of thiophene rings is 1. The molecule has 1 unspecified atom stereocenters. The summed E-state index contributed by atoms with van der Waals surface area (Å²) in [5.74, 6) is -1.26. The summed E-state index contributed by atoms with van der Waals surface area (Å²) in [5.41, 5.74) is 0.696. The maximum atomic E-state index is 11.6. The first kappa shape index (κ1) is 15.9. The lowest BCUT2D eigenvalue weighted by atomic mass is 10.1. The summed E-state index contributed by atoms with van der Waals surface area (Å²) in [5, 5.41) is 21.2. The summed E-state index contributed by atoms with van der Waals surface area (Å²) in [7, 11) is -3.22. The van der Waals surface area contributed by atoms with Crippen molar-refractivity contribution < 1.29 is 23.2 Å². The number of aliphatic carboxylic acids is 1. The zero-order chi connectivity index (χ0) is 15.6. The standard InChI is InChI=1S/C11H14N2O6S2/c14-11(15)4-9-7-21(18,19)2-1-12(9)5-8-3-10(13(16)17)20-6-8/h3,6,9H,1-2,4-5,7H2,(H,14,15). The molecule has 1 N–H and O–H groups in total. The molecule has 0 spiro atoms. The van der Waals surface area contributed by atoms with Gasteiger partial charge in [-0.25, -0.2) is 8.42 Å². The average molecular weight is 334 g/mol. The van der Waals surface area contributed by atoms with Crippen molar-refractivity contribution in [2.75, 3.05) is 18.1 Å². The zero-order valence-corrected chi connectivity index (χ0v) is 12.6. The van der Waals surface area contributed by atoms with Crippen LogP contribution >= 0.6 is 11.3 Å². The Bertz CT molecular complexity index is 653. The average Bonchev–Trinajstić information content (AvgIpc) is 2.80. The van der Waals surface area contributed by atoms with Gasteiger partial charge in [-0.2, -0.15) is 0 Å². The number of nitro groups is 1. The van der Waals surface area contributed by atoms with Crippen LogP contribution < -0.4 is 0 Å². The van der Waals surface area contributed by atoms with Gasteiger partial charge in [-0.3, -0.25) is 19.8 Å². The first-order valence-corrected chi connectivity index (χ1v) is 8.85. The Hall–Kier alpha value is -1.52. The molecule has 0 radical (unpaired) electrons. The van der Waals surface area contributed by atoms with Gasteiger partial charge in [0.15, 0.2) is 9.84 Å². The Balaban J connectivity index is 2.11. The number of carboxylic acid groups (broad SMARTS) is 1. The van der Waals surface area contributed by atoms with Gasteiger partial charge in [0, 0.05) is 30.6 Å². The van der Waals surface area contributed by atoms with Crippen LogP contribution in [0.3, 0.4) is 0 Å². The summed E-state index contributed by atoms with van der Waals surface area (Å²) in [6.07, 6.45) is -0.258. The molecule has 2 rings (SSSR count). The smallest absolute Gasteiger partial charge is 0.324 e. The predicted molar refractivity (Wildman–Crippen MR) is 76.1 cm³/mol. The van der Waals surface area contributed by atoms with E-state index in [0.29, 0.717) is 12.1 Å². The van der Waals surface area contributed by atoms with E-state index in [-0.39, 0.29) is 29.5 Å². The van der Waals surface area contributed by atoms with E-state index in [1.807, 2.05) is 0 Å². The summed E-state index contributed by atoms with van der Waals surface area (Å²) in [6.45, 7) is 0.557. The molecular formula is C11H14N2O6S2. The van der Waals surface area contributed by atoms with Crippen molar-refractivity contribution in [3.05, 3.63) is 27.1 Å². The molecule has 1 fully saturated rings. The van der Waals surface area contributed by atoms with E-state index in [0.717, 1.165) is 11.3 Å². The molecule has 1 aliphatic heterocycles. The highest BCUT2D eigenvalue weighted by molar-refractivity contribution is 7.91. The van der Waals surface area contributed by atoms with Crippen LogP contribution in [0, 0.1) is 10.1 Å². The maximum absolute atomic E-state index is 11.6. The third kappa shape index (κ3) is 4.22. The van der Waals surface area contributed by atoms with Gasteiger partial charge < -0.3 is 5.11 Å². The zero-order valence-electron chi connectivity index (χ0n) is 11.0. The topological polar surface area (TPSA) is 118 Å². The van der Waals surface area contributed by atoms with E-state index in [1.54, 1.807) is 10.3 Å². The molecule has 2 heterocycles. The second-order valence-electron chi connectivity index (χ2n) is 4.89. The van der Waals surface area contributed by atoms with E-state index < -0.39 is 26.8 Å². The molecule has 21 heavy (non-hydrogen) atoms. The van der Waals surface area contributed by atoms with Gasteiger partial charge in [0.2, 0.25) is 0 Å². The molecule has 0 bridgehead atoms. The molecule has 0 aliphatic carbocycles. The normalized spacial score (nSPS) is 22.0. The summed E-state index contributed by atoms with van der Waals surface area (Å²) >= 11 is 1.00. The number of carboxylic acids is 1. The first-order chi connectivity index (χ1) is 9.77. The number of nitrogens with zero attached hydrogens (tertiary/aromatic N) is 2. The van der Waals surface area contributed by atoms with Crippen LogP contribution in [-0.4, -0.2) is 53.4 Å². The monoisotopic (exact) mass is 334 g/mol. The fraction of sp³-hybridized carbons (Fsp3) is 0.545. The lowest BCUT2D eigenvalue weighted by Gasteiger charge is -2.34. The van der Waals surface area contributed by atoms with E-state index in [2.05, 4.69) is 0 Å². The Morgan fingerprint density at radius 3 is 2.86 bits per heavy atom. The lowest BCUT2D eigenvalue weighted by Crippen LogP contribution is -2.48. The largest absolute Gasteiger partial charge is 0.481 e. The molecule has 0 aromatic carbocycles. The molecule has 1 aliphatic rings. The van der Waals surface area contributed by atoms with Crippen LogP contribution in [0.5, 0.6) is 0 Å². The Kier molecular flexibility index (Phi) is 4.59. The van der Waals surface area contributed by atoms with Crippen molar-refractivity contribution in [3.63, 3.8) is 0 Å². The second-order valence-corrected chi connectivity index (χ2v) is 8.01. The van der Waals surface area contributed by atoms with Gasteiger partial charge in [-0.1, -0.05) is 11.3 Å². The van der Waals surface area contributed by atoms with E-state index in [1.165, 1.54) is 6.07 Å². The van der Waals surface area contributed by atoms with Crippen LogP contribution in [0.15, 0.2) is 11.4 Å². The van der Waals surface area contributed by atoms with Crippen LogP contribution in [0.25, 0.3) is 0 Å². The van der Waals surface area contributed by atoms with E-state index in [9.17, 15) is 23.3 Å². The Labute approximate surface area is 125 Å². The van der Waals surface area contributed by atoms with Crippen molar-refractivity contribution in [2.45, 2.75) is 19.0 Å². The minimum Gasteiger partial charge on any atom is -0.481 e. The van der Waals surface area contributed by atoms with Gasteiger partial charge in [-0.05, 0) is 5.56 Å². The van der Waals surface area contributed by atoms with Crippen LogP contribution in [-0.2, 0) is 21.2 Å². The van der Waals surface area contributed by atoms with Gasteiger partial charge in [0.1, 0.15) is 0 Å². The SMILES string of the molecule is O=C(O)CC1CS(=O)(=O)CCN1Cc1csc([N+](=O)[O-])c1. The van der Waals surface area contributed by atoms with Crippen LogP contribution in [0.1, 0.15) is 12.0 Å². The number of hydrogen-bond donors (Lipinski definition) is 1. The number of carbonyl (C=O) groups is 1. The number of rotatable bonds is 5. The molecule has 8 nitrogen and oxygen atoms in total. The molecule has 1 atom stereocenters. The lowest BCUT2D eigenvalue weighted by molar-refractivity contribution is -0.380. The molecule has 0 saturated carbocycles. The highest BCUT2D eigenvalue weighted by Gasteiger charge is 2.32. The van der Waals surface area contributed by atoms with Gasteiger partial charge in [0.05, 0.1) is 22.8 Å². The molecule has 10 heteroatoms. The molecule has 1 aromatic heterocycles.